The van der Waals surface area contributed by atoms with Crippen LogP contribution in [0.2, 0.25) is 0 Å². The maximum Gasteiger partial charge on any atom is 0.511 e. The second-order valence-corrected chi connectivity index (χ2v) is 5.72. The number of quaternary nitrogens is 1. The number of hydrogen-bond donors (Lipinski definition) is 2. The Morgan fingerprint density at radius 2 is 2.05 bits per heavy atom. The molecule has 3 atom stereocenters. The van der Waals surface area contributed by atoms with Crippen molar-refractivity contribution in [3.05, 3.63) is 5.21 Å². The number of aliphatic carboxylic acids is 1. The van der Waals surface area contributed by atoms with Gasteiger partial charge in [-0.3, -0.25) is 4.79 Å². The van der Waals surface area contributed by atoms with Crippen molar-refractivity contribution in [2.45, 2.75) is 58.5 Å². The SMILES string of the molecule is CC(OC(=O)OC(C)(C)C)O[NH+]([O-])N1CCC[C@H]1C(=O)O. The Morgan fingerprint density at radius 3 is 2.57 bits per heavy atom. The third kappa shape index (κ3) is 5.84. The first-order valence-electron chi connectivity index (χ1n) is 6.70. The number of carboxylic acids is 1. The van der Waals surface area contributed by atoms with Crippen LogP contribution in [0.5, 0.6) is 0 Å². The van der Waals surface area contributed by atoms with Crippen LogP contribution in [0.15, 0.2) is 0 Å². The van der Waals surface area contributed by atoms with Crippen molar-refractivity contribution in [3.63, 3.8) is 0 Å². The van der Waals surface area contributed by atoms with Gasteiger partial charge in [-0.2, -0.15) is 0 Å². The highest BCUT2D eigenvalue weighted by Gasteiger charge is 2.37. The summed E-state index contributed by atoms with van der Waals surface area (Å²) in [7, 11) is 0. The minimum atomic E-state index is -1.16. The summed E-state index contributed by atoms with van der Waals surface area (Å²) < 4.78 is 9.69. The van der Waals surface area contributed by atoms with Gasteiger partial charge in [0, 0.05) is 6.92 Å². The van der Waals surface area contributed by atoms with Gasteiger partial charge in [0.05, 0.1) is 6.54 Å². The van der Waals surface area contributed by atoms with E-state index in [0.29, 0.717) is 19.4 Å². The lowest BCUT2D eigenvalue weighted by Crippen LogP contribution is -3.14. The molecule has 0 aliphatic carbocycles. The molecule has 2 unspecified atom stereocenters. The first kappa shape index (κ1) is 17.6. The summed E-state index contributed by atoms with van der Waals surface area (Å²) in [6, 6.07) is -0.897. The number of rotatable bonds is 5. The fourth-order valence-electron chi connectivity index (χ4n) is 1.89. The molecule has 1 rings (SSSR count). The second-order valence-electron chi connectivity index (χ2n) is 5.72. The van der Waals surface area contributed by atoms with E-state index in [1.54, 1.807) is 20.8 Å². The number of hydrogen-bond acceptors (Lipinski definition) is 7. The van der Waals surface area contributed by atoms with Crippen molar-refractivity contribution < 1.29 is 34.3 Å². The van der Waals surface area contributed by atoms with E-state index in [4.69, 9.17) is 19.4 Å². The van der Waals surface area contributed by atoms with Gasteiger partial charge >= 0.3 is 12.1 Å². The summed E-state index contributed by atoms with van der Waals surface area (Å²) in [5.74, 6) is -1.08. The Morgan fingerprint density at radius 1 is 1.43 bits per heavy atom. The number of carbonyl (C=O) groups is 2. The molecule has 9 heteroatoms. The topological polar surface area (TPSA) is 113 Å². The largest absolute Gasteiger partial charge is 0.579 e. The molecule has 0 aromatic carbocycles. The van der Waals surface area contributed by atoms with Crippen LogP contribution in [0.3, 0.4) is 0 Å². The molecule has 122 valence electrons. The molecule has 0 amide bonds. The van der Waals surface area contributed by atoms with Gasteiger partial charge in [0.1, 0.15) is 5.60 Å². The van der Waals surface area contributed by atoms with Gasteiger partial charge in [-0.15, -0.1) is 15.2 Å². The quantitative estimate of drug-likeness (QED) is 0.416. The molecule has 0 aromatic rings. The predicted molar refractivity (Wildman–Crippen MR) is 69.6 cm³/mol. The molecular weight excluding hydrogens is 284 g/mol. The summed E-state index contributed by atoms with van der Waals surface area (Å²) in [5, 5.41) is 21.1. The molecular formula is C12H22N2O7. The zero-order chi connectivity index (χ0) is 16.2. The lowest BCUT2D eigenvalue weighted by molar-refractivity contribution is -1.15. The Bertz CT molecular complexity index is 382. The maximum absolute atomic E-state index is 11.8. The number of nitrogens with one attached hydrogen (secondary N) is 1. The van der Waals surface area contributed by atoms with E-state index >= 15 is 0 Å². The predicted octanol–water partition coefficient (Wildman–Crippen LogP) is 0.0624. The summed E-state index contributed by atoms with van der Waals surface area (Å²) >= 11 is 0. The fourth-order valence-corrected chi connectivity index (χ4v) is 1.89. The summed E-state index contributed by atoms with van der Waals surface area (Å²) in [4.78, 5) is 27.3. The molecule has 1 aliphatic rings. The fraction of sp³-hybridized carbons (Fsp3) is 0.833. The lowest BCUT2D eigenvalue weighted by Gasteiger charge is -2.31. The minimum Gasteiger partial charge on any atom is -0.579 e. The smallest absolute Gasteiger partial charge is 0.511 e. The third-order valence-electron chi connectivity index (χ3n) is 2.69. The number of nitrogens with zero attached hydrogens (tertiary/aromatic N) is 1. The van der Waals surface area contributed by atoms with Crippen molar-refractivity contribution in [2.24, 2.45) is 0 Å². The minimum absolute atomic E-state index is 0.301. The Balaban J connectivity index is 2.45. The second kappa shape index (κ2) is 7.03. The molecule has 1 saturated heterocycles. The molecule has 0 radical (unpaired) electrons. The average Bonchev–Trinajstić information content (AvgIpc) is 2.73. The molecule has 0 aromatic heterocycles. The Labute approximate surface area is 122 Å². The molecule has 1 heterocycles. The van der Waals surface area contributed by atoms with Crippen LogP contribution in [0, 0.1) is 5.21 Å². The number of carboxylic acid groups (broad SMARTS) is 1. The van der Waals surface area contributed by atoms with Crippen LogP contribution < -0.4 is 5.34 Å². The van der Waals surface area contributed by atoms with E-state index < -0.39 is 35.4 Å². The molecule has 1 fully saturated rings. The highest BCUT2D eigenvalue weighted by molar-refractivity contribution is 5.73. The van der Waals surface area contributed by atoms with Gasteiger partial charge < -0.3 is 19.8 Å². The molecule has 0 saturated carbocycles. The van der Waals surface area contributed by atoms with E-state index in [0.717, 1.165) is 5.01 Å². The monoisotopic (exact) mass is 306 g/mol. The number of ether oxygens (including phenoxy) is 2. The molecule has 1 aliphatic heterocycles. The summed E-state index contributed by atoms with van der Waals surface area (Å²) in [6.45, 7) is 6.68. The van der Waals surface area contributed by atoms with Gasteiger partial charge in [0.15, 0.2) is 6.04 Å². The van der Waals surface area contributed by atoms with Crippen molar-refractivity contribution in [1.82, 2.24) is 5.01 Å². The highest BCUT2D eigenvalue weighted by atomic mass is 17.0. The van der Waals surface area contributed by atoms with E-state index in [1.165, 1.54) is 6.92 Å². The number of carbonyl (C=O) groups excluding carboxylic acids is 1. The van der Waals surface area contributed by atoms with Crippen LogP contribution in [-0.2, 0) is 19.1 Å². The van der Waals surface area contributed by atoms with Crippen LogP contribution in [-0.4, -0.2) is 46.7 Å². The average molecular weight is 306 g/mol. The molecule has 21 heavy (non-hydrogen) atoms. The molecule has 0 spiro atoms. The van der Waals surface area contributed by atoms with Crippen LogP contribution in [0.1, 0.15) is 40.5 Å². The van der Waals surface area contributed by atoms with Gasteiger partial charge in [-0.1, -0.05) is 0 Å². The first-order chi connectivity index (χ1) is 9.60. The van der Waals surface area contributed by atoms with Gasteiger partial charge in [0.25, 0.3) is 6.29 Å². The van der Waals surface area contributed by atoms with Crippen molar-refractivity contribution in [2.75, 3.05) is 6.54 Å². The zero-order valence-corrected chi connectivity index (χ0v) is 12.6. The molecule has 9 nitrogen and oxygen atoms in total. The Hall–Kier alpha value is -1.42. The zero-order valence-electron chi connectivity index (χ0n) is 12.6. The van der Waals surface area contributed by atoms with Gasteiger partial charge in [0.2, 0.25) is 0 Å². The van der Waals surface area contributed by atoms with Gasteiger partial charge in [-0.05, 0) is 33.6 Å². The molecule has 0 bridgehead atoms. The van der Waals surface area contributed by atoms with Crippen LogP contribution in [0.25, 0.3) is 0 Å². The highest BCUT2D eigenvalue weighted by Crippen LogP contribution is 2.13. The summed E-state index contributed by atoms with van der Waals surface area (Å²) in [5.41, 5.74) is -0.718. The summed E-state index contributed by atoms with van der Waals surface area (Å²) in [6.07, 6.45) is -1.15. The normalized spacial score (nSPS) is 22.6. The van der Waals surface area contributed by atoms with Crippen LogP contribution >= 0.6 is 0 Å². The van der Waals surface area contributed by atoms with E-state index in [1.807, 2.05) is 0 Å². The van der Waals surface area contributed by atoms with Gasteiger partial charge in [-0.25, -0.2) is 4.79 Å². The van der Waals surface area contributed by atoms with Crippen LogP contribution in [0.4, 0.5) is 4.79 Å². The van der Waals surface area contributed by atoms with E-state index in [-0.39, 0.29) is 0 Å². The molecule has 2 N–H and O–H groups in total. The lowest BCUT2D eigenvalue weighted by atomic mass is 10.2. The maximum atomic E-state index is 11.8. The van der Waals surface area contributed by atoms with Crippen molar-refractivity contribution in [1.29, 1.82) is 0 Å². The van der Waals surface area contributed by atoms with Crippen molar-refractivity contribution >= 4 is 12.1 Å². The van der Waals surface area contributed by atoms with Crippen molar-refractivity contribution in [3.8, 4) is 0 Å². The first-order valence-corrected chi connectivity index (χ1v) is 6.70. The van der Waals surface area contributed by atoms with E-state index in [9.17, 15) is 14.8 Å². The third-order valence-corrected chi connectivity index (χ3v) is 2.69. The van der Waals surface area contributed by atoms with E-state index in [2.05, 4.69) is 0 Å². The standard InChI is InChI=1S/C12H22N2O7/c1-8(19-11(17)20-12(2,3)4)21-14(18)13-7-5-6-9(13)10(15)16/h8-9,14H,5-7H2,1-4H3,(H,15,16)/t8?,9-/m0/s1. The Kier molecular flexibility index (Phi) is 5.90.